The summed E-state index contributed by atoms with van der Waals surface area (Å²) in [6, 6.07) is 4.04. The minimum Gasteiger partial charge on any atom is -0.388 e. The molecule has 0 N–H and O–H groups in total. The maximum atomic E-state index is 4.25. The Bertz CT molecular complexity index is 80.0. The zero-order valence-electron chi connectivity index (χ0n) is 5.53. The summed E-state index contributed by atoms with van der Waals surface area (Å²) < 4.78 is 4.25. The van der Waals surface area contributed by atoms with Gasteiger partial charge in [-0.25, -0.2) is 0 Å². The number of methoxy groups -OCH3 is 1. The van der Waals surface area contributed by atoms with Crippen LogP contribution >= 0.6 is 23.7 Å². The zero-order chi connectivity index (χ0) is 6.24. The predicted molar refractivity (Wildman–Crippen MR) is 44.5 cm³/mol. The van der Waals surface area contributed by atoms with E-state index in [1.54, 1.807) is 25.6 Å². The molecule has 0 aliphatic heterocycles. The van der Waals surface area contributed by atoms with Gasteiger partial charge in [0, 0.05) is 14.2 Å². The molecule has 0 atom stereocenters. The monoisotopic (exact) mass is 166 g/mol. The Balaban J connectivity index is 0. The molecule has 9 heavy (non-hydrogen) atoms. The van der Waals surface area contributed by atoms with Crippen LogP contribution in [0.15, 0.2) is 22.9 Å². The summed E-state index contributed by atoms with van der Waals surface area (Å²) in [4.78, 5) is 0. The van der Waals surface area contributed by atoms with E-state index in [1.807, 2.05) is 22.9 Å². The van der Waals surface area contributed by atoms with Gasteiger partial charge < -0.3 is 4.74 Å². The highest BCUT2D eigenvalue weighted by Gasteiger charge is 1.58. The topological polar surface area (TPSA) is 9.23 Å². The molecule has 0 aliphatic carbocycles. The van der Waals surface area contributed by atoms with E-state index < -0.39 is 0 Å². The van der Waals surface area contributed by atoms with Crippen LogP contribution in [0.2, 0.25) is 0 Å². The van der Waals surface area contributed by atoms with Crippen molar-refractivity contribution in [1.82, 2.24) is 0 Å². The van der Waals surface area contributed by atoms with E-state index in [0.29, 0.717) is 0 Å². The largest absolute Gasteiger partial charge is 0.388 e. The van der Waals surface area contributed by atoms with Crippen molar-refractivity contribution < 1.29 is 4.74 Å². The molecular weight excluding hydrogens is 156 g/mol. The Morgan fingerprint density at radius 3 is 1.56 bits per heavy atom. The molecule has 0 saturated carbocycles. The normalized spacial score (nSPS) is 6.44. The summed E-state index contributed by atoms with van der Waals surface area (Å²) >= 11 is 1.71. The van der Waals surface area contributed by atoms with Crippen molar-refractivity contribution >= 4 is 23.7 Å². The van der Waals surface area contributed by atoms with E-state index in [1.165, 1.54) is 0 Å². The Labute approximate surface area is 66.1 Å². The van der Waals surface area contributed by atoms with Gasteiger partial charge in [0.25, 0.3) is 0 Å². The molecule has 0 spiro atoms. The molecule has 1 aromatic heterocycles. The van der Waals surface area contributed by atoms with Crippen LogP contribution in [0.1, 0.15) is 0 Å². The summed E-state index contributed by atoms with van der Waals surface area (Å²) in [6.07, 6.45) is 0. The molecule has 0 saturated heterocycles. The first kappa shape index (κ1) is 11.7. The van der Waals surface area contributed by atoms with Crippen LogP contribution in [0.3, 0.4) is 0 Å². The minimum atomic E-state index is 0. The number of thiophene rings is 1. The summed E-state index contributed by atoms with van der Waals surface area (Å²) in [5, 5.41) is 4.08. The van der Waals surface area contributed by atoms with Gasteiger partial charge in [0.1, 0.15) is 0 Å². The number of hydrogen-bond acceptors (Lipinski definition) is 2. The fourth-order valence-electron chi connectivity index (χ4n) is 0.227. The van der Waals surface area contributed by atoms with Gasteiger partial charge in [0.2, 0.25) is 0 Å². The first-order valence-corrected chi connectivity index (χ1v) is 3.23. The van der Waals surface area contributed by atoms with Crippen LogP contribution in [0.25, 0.3) is 0 Å². The van der Waals surface area contributed by atoms with Gasteiger partial charge in [-0.2, -0.15) is 11.3 Å². The maximum Gasteiger partial charge on any atom is 0.0351 e. The van der Waals surface area contributed by atoms with E-state index in [2.05, 4.69) is 4.74 Å². The van der Waals surface area contributed by atoms with Gasteiger partial charge >= 0.3 is 0 Å². The van der Waals surface area contributed by atoms with Gasteiger partial charge in [-0.3, -0.25) is 0 Å². The summed E-state index contributed by atoms with van der Waals surface area (Å²) in [6.45, 7) is 0. The number of ether oxygens (including phenoxy) is 1. The Morgan fingerprint density at radius 1 is 1.11 bits per heavy atom. The highest BCUT2D eigenvalue weighted by atomic mass is 35.5. The van der Waals surface area contributed by atoms with Crippen LogP contribution < -0.4 is 0 Å². The molecule has 1 rings (SSSR count). The second-order valence-electron chi connectivity index (χ2n) is 1.20. The minimum absolute atomic E-state index is 0. The fraction of sp³-hybridized carbons (Fsp3) is 0.333. The Kier molecular flexibility index (Phi) is 14.1. The summed E-state index contributed by atoms with van der Waals surface area (Å²) in [5.41, 5.74) is 0. The predicted octanol–water partition coefficient (Wildman–Crippen LogP) is 2.43. The molecule has 0 amide bonds. The van der Waals surface area contributed by atoms with Crippen LogP contribution in [-0.4, -0.2) is 14.2 Å². The first-order chi connectivity index (χ1) is 3.91. The molecule has 54 valence electrons. The molecule has 0 fully saturated rings. The smallest absolute Gasteiger partial charge is 0.0351 e. The molecular formula is C6H11ClOS. The molecule has 0 radical (unpaired) electrons. The van der Waals surface area contributed by atoms with E-state index in [0.717, 1.165) is 0 Å². The van der Waals surface area contributed by atoms with Crippen molar-refractivity contribution in [3.05, 3.63) is 22.9 Å². The average molecular weight is 167 g/mol. The van der Waals surface area contributed by atoms with E-state index in [-0.39, 0.29) is 12.4 Å². The maximum absolute atomic E-state index is 4.25. The SMILES string of the molecule is COC.Cl.c1ccsc1. The van der Waals surface area contributed by atoms with E-state index in [9.17, 15) is 0 Å². The second kappa shape index (κ2) is 10.8. The van der Waals surface area contributed by atoms with Crippen LogP contribution in [0.5, 0.6) is 0 Å². The van der Waals surface area contributed by atoms with Crippen LogP contribution in [0.4, 0.5) is 0 Å². The van der Waals surface area contributed by atoms with E-state index >= 15 is 0 Å². The lowest BCUT2D eigenvalue weighted by molar-refractivity contribution is 0.277. The molecule has 1 nitrogen and oxygen atoms in total. The highest BCUT2D eigenvalue weighted by Crippen LogP contribution is 1.91. The molecule has 0 unspecified atom stereocenters. The number of rotatable bonds is 0. The van der Waals surface area contributed by atoms with Gasteiger partial charge in [-0.1, -0.05) is 12.1 Å². The van der Waals surface area contributed by atoms with Gasteiger partial charge in [-0.15, -0.1) is 12.4 Å². The highest BCUT2D eigenvalue weighted by molar-refractivity contribution is 7.07. The van der Waals surface area contributed by atoms with E-state index in [4.69, 9.17) is 0 Å². The Morgan fingerprint density at radius 2 is 1.44 bits per heavy atom. The lowest BCUT2D eigenvalue weighted by Crippen LogP contribution is -1.55. The van der Waals surface area contributed by atoms with Gasteiger partial charge in [-0.05, 0) is 10.8 Å². The molecule has 1 heterocycles. The third-order valence-electron chi connectivity index (χ3n) is 0.425. The van der Waals surface area contributed by atoms with Crippen molar-refractivity contribution in [2.75, 3.05) is 14.2 Å². The van der Waals surface area contributed by atoms with Gasteiger partial charge in [0.15, 0.2) is 0 Å². The van der Waals surface area contributed by atoms with Crippen molar-refractivity contribution in [2.45, 2.75) is 0 Å². The standard InChI is InChI=1S/C4H4S.C2H6O.ClH/c1-2-4-5-3-1;1-3-2;/h1-4H;1-2H3;1H. The second-order valence-corrected chi connectivity index (χ2v) is 2.02. The lowest BCUT2D eigenvalue weighted by Gasteiger charge is -1.61. The molecule has 0 aromatic carbocycles. The van der Waals surface area contributed by atoms with Crippen molar-refractivity contribution in [3.8, 4) is 0 Å². The van der Waals surface area contributed by atoms with Crippen molar-refractivity contribution in [3.63, 3.8) is 0 Å². The Hall–Kier alpha value is -0.0500. The quantitative estimate of drug-likeness (QED) is 0.576. The third kappa shape index (κ3) is 11.5. The number of hydrogen-bond donors (Lipinski definition) is 0. The van der Waals surface area contributed by atoms with Gasteiger partial charge in [0.05, 0.1) is 0 Å². The number of halogens is 1. The van der Waals surface area contributed by atoms with Crippen LogP contribution in [0, 0.1) is 0 Å². The zero-order valence-corrected chi connectivity index (χ0v) is 7.17. The van der Waals surface area contributed by atoms with Crippen LogP contribution in [-0.2, 0) is 4.74 Å². The lowest BCUT2D eigenvalue weighted by atomic mass is 10.7. The average Bonchev–Trinajstić information content (AvgIpc) is 2.17. The first-order valence-electron chi connectivity index (χ1n) is 2.29. The molecule has 1 aromatic rings. The molecule has 3 heteroatoms. The molecule has 0 bridgehead atoms. The molecule has 0 aliphatic rings. The third-order valence-corrected chi connectivity index (χ3v) is 1.05. The fourth-order valence-corrected chi connectivity index (χ4v) is 0.680. The summed E-state index contributed by atoms with van der Waals surface area (Å²) in [5.74, 6) is 0. The van der Waals surface area contributed by atoms with Crippen molar-refractivity contribution in [1.29, 1.82) is 0 Å². The van der Waals surface area contributed by atoms with Crippen molar-refractivity contribution in [2.24, 2.45) is 0 Å². The summed E-state index contributed by atoms with van der Waals surface area (Å²) in [7, 11) is 3.25.